The van der Waals surface area contributed by atoms with Crippen LogP contribution in [0.3, 0.4) is 0 Å². The Labute approximate surface area is 171 Å². The molecule has 7 heteroatoms. The highest BCUT2D eigenvalue weighted by molar-refractivity contribution is 5.86. The molecule has 0 aliphatic heterocycles. The second-order valence-electron chi connectivity index (χ2n) is 8.04. The summed E-state index contributed by atoms with van der Waals surface area (Å²) >= 11 is 0. The van der Waals surface area contributed by atoms with Gasteiger partial charge in [-0.25, -0.2) is 0 Å². The minimum Gasteiger partial charge on any atom is -0.353 e. The molecule has 3 N–H and O–H groups in total. The van der Waals surface area contributed by atoms with Gasteiger partial charge in [-0.1, -0.05) is 44.9 Å². The lowest BCUT2D eigenvalue weighted by atomic mass is 9.78. The molecule has 0 unspecified atom stereocenters. The molecule has 1 saturated carbocycles. The Morgan fingerprint density at radius 1 is 0.966 bits per heavy atom. The molecule has 0 radical (unpaired) electrons. The standard InChI is InChI=1S/C22H30N4O3/c1-15-6-5-8-18(16(15)2)23-20(27)10-11-21(28)24-25-22(29)14-26-13-12-17-7-3-4-9-19(17)26/h3-4,7,9,12-13,15-16,18H,5-6,8,10-11,14H2,1-2H3,(H,23,27)(H,24,28)(H,25,29)/t15-,16-,18+/m1/s1. The lowest BCUT2D eigenvalue weighted by molar-refractivity contribution is -0.130. The third-order valence-corrected chi connectivity index (χ3v) is 5.97. The number of fused-ring (bicyclic) bond motifs is 1. The second kappa shape index (κ2) is 9.58. The number of carbonyl (C=O) groups is 3. The smallest absolute Gasteiger partial charge is 0.258 e. The van der Waals surface area contributed by atoms with Gasteiger partial charge < -0.3 is 9.88 Å². The van der Waals surface area contributed by atoms with E-state index >= 15 is 0 Å². The van der Waals surface area contributed by atoms with Gasteiger partial charge >= 0.3 is 0 Å². The highest BCUT2D eigenvalue weighted by Gasteiger charge is 2.28. The molecule has 1 aromatic carbocycles. The zero-order chi connectivity index (χ0) is 20.8. The number of aromatic nitrogens is 1. The van der Waals surface area contributed by atoms with Crippen molar-refractivity contribution < 1.29 is 14.4 Å². The SMILES string of the molecule is C[C@@H]1[C@H](C)CCC[C@@H]1NC(=O)CCC(=O)NNC(=O)Cn1ccc2ccccc21. The largest absolute Gasteiger partial charge is 0.353 e. The summed E-state index contributed by atoms with van der Waals surface area (Å²) in [7, 11) is 0. The molecule has 0 bridgehead atoms. The van der Waals surface area contributed by atoms with Gasteiger partial charge in [0.05, 0.1) is 0 Å². The Balaban J connectivity index is 1.37. The zero-order valence-corrected chi connectivity index (χ0v) is 17.1. The zero-order valence-electron chi connectivity index (χ0n) is 17.1. The van der Waals surface area contributed by atoms with Gasteiger partial charge in [0.2, 0.25) is 11.8 Å². The minimum absolute atomic E-state index is 0.0369. The maximum absolute atomic E-state index is 12.2. The molecular weight excluding hydrogens is 368 g/mol. The number of hydrazine groups is 1. The van der Waals surface area contributed by atoms with E-state index in [9.17, 15) is 14.4 Å². The number of rotatable bonds is 6. The van der Waals surface area contributed by atoms with E-state index in [1.807, 2.05) is 41.1 Å². The first-order valence-corrected chi connectivity index (χ1v) is 10.3. The lowest BCUT2D eigenvalue weighted by Gasteiger charge is -2.34. The fraction of sp³-hybridized carbons (Fsp3) is 0.500. The van der Waals surface area contributed by atoms with E-state index in [4.69, 9.17) is 0 Å². The Hall–Kier alpha value is -2.83. The molecule has 1 aliphatic carbocycles. The highest BCUT2D eigenvalue weighted by Crippen LogP contribution is 2.29. The Morgan fingerprint density at radius 2 is 1.69 bits per heavy atom. The van der Waals surface area contributed by atoms with Crippen LogP contribution in [0.15, 0.2) is 36.5 Å². The van der Waals surface area contributed by atoms with Crippen LogP contribution in [0.5, 0.6) is 0 Å². The number of amides is 3. The molecule has 0 saturated heterocycles. The van der Waals surface area contributed by atoms with Crippen molar-refractivity contribution >= 4 is 28.6 Å². The summed E-state index contributed by atoms with van der Waals surface area (Å²) in [4.78, 5) is 36.2. The van der Waals surface area contributed by atoms with E-state index in [0.717, 1.165) is 23.7 Å². The van der Waals surface area contributed by atoms with Crippen molar-refractivity contribution in [1.82, 2.24) is 20.7 Å². The summed E-state index contributed by atoms with van der Waals surface area (Å²) in [5.74, 6) is 0.233. The maximum atomic E-state index is 12.2. The molecule has 29 heavy (non-hydrogen) atoms. The monoisotopic (exact) mass is 398 g/mol. The number of carbonyl (C=O) groups excluding carboxylic acids is 3. The molecular formula is C22H30N4O3. The van der Waals surface area contributed by atoms with Gasteiger partial charge in [-0.2, -0.15) is 0 Å². The van der Waals surface area contributed by atoms with Crippen molar-refractivity contribution in [2.45, 2.75) is 58.5 Å². The van der Waals surface area contributed by atoms with Crippen molar-refractivity contribution in [2.75, 3.05) is 0 Å². The minimum atomic E-state index is -0.379. The fourth-order valence-corrected chi connectivity index (χ4v) is 3.97. The first-order valence-electron chi connectivity index (χ1n) is 10.3. The number of nitrogens with one attached hydrogen (secondary N) is 3. The Morgan fingerprint density at radius 3 is 2.52 bits per heavy atom. The van der Waals surface area contributed by atoms with Gasteiger partial charge in [0.15, 0.2) is 0 Å². The predicted octanol–water partition coefficient (Wildman–Crippen LogP) is 2.51. The predicted molar refractivity (Wildman–Crippen MR) is 112 cm³/mol. The molecule has 2 aromatic rings. The summed E-state index contributed by atoms with van der Waals surface area (Å²) in [6, 6.07) is 9.90. The van der Waals surface area contributed by atoms with Gasteiger partial charge in [-0.05, 0) is 35.8 Å². The summed E-state index contributed by atoms with van der Waals surface area (Å²) in [6.45, 7) is 4.49. The van der Waals surface area contributed by atoms with Gasteiger partial charge in [0, 0.05) is 30.6 Å². The van der Waals surface area contributed by atoms with Crippen LogP contribution in [0.1, 0.15) is 46.0 Å². The van der Waals surface area contributed by atoms with Crippen LogP contribution in [-0.2, 0) is 20.9 Å². The molecule has 3 atom stereocenters. The summed E-state index contributed by atoms with van der Waals surface area (Å²) in [5.41, 5.74) is 5.75. The lowest BCUT2D eigenvalue weighted by Crippen LogP contribution is -2.45. The molecule has 3 rings (SSSR count). The molecule has 1 heterocycles. The molecule has 3 amide bonds. The van der Waals surface area contributed by atoms with Crippen LogP contribution in [-0.4, -0.2) is 28.3 Å². The summed E-state index contributed by atoms with van der Waals surface area (Å²) < 4.78 is 1.82. The molecule has 156 valence electrons. The van der Waals surface area contributed by atoms with Crippen LogP contribution in [0, 0.1) is 11.8 Å². The normalized spacial score (nSPS) is 21.5. The average molecular weight is 399 g/mol. The molecule has 1 fully saturated rings. The van der Waals surface area contributed by atoms with Crippen molar-refractivity contribution in [1.29, 1.82) is 0 Å². The topological polar surface area (TPSA) is 92.2 Å². The van der Waals surface area contributed by atoms with E-state index in [2.05, 4.69) is 30.0 Å². The van der Waals surface area contributed by atoms with E-state index in [1.54, 1.807) is 0 Å². The van der Waals surface area contributed by atoms with Crippen molar-refractivity contribution in [2.24, 2.45) is 11.8 Å². The van der Waals surface area contributed by atoms with Crippen LogP contribution in [0.2, 0.25) is 0 Å². The summed E-state index contributed by atoms with van der Waals surface area (Å²) in [6.07, 6.45) is 5.31. The van der Waals surface area contributed by atoms with E-state index < -0.39 is 0 Å². The van der Waals surface area contributed by atoms with Gasteiger partial charge in [0.25, 0.3) is 5.91 Å². The third kappa shape index (κ3) is 5.59. The van der Waals surface area contributed by atoms with Gasteiger partial charge in [-0.15, -0.1) is 0 Å². The second-order valence-corrected chi connectivity index (χ2v) is 8.04. The Bertz CT molecular complexity index is 876. The summed E-state index contributed by atoms with van der Waals surface area (Å²) in [5, 5.41) is 4.11. The highest BCUT2D eigenvalue weighted by atomic mass is 16.2. The van der Waals surface area contributed by atoms with Gasteiger partial charge in [-0.3, -0.25) is 25.2 Å². The van der Waals surface area contributed by atoms with Crippen LogP contribution >= 0.6 is 0 Å². The number of nitrogens with zero attached hydrogens (tertiary/aromatic N) is 1. The van der Waals surface area contributed by atoms with E-state index in [1.165, 1.54) is 6.42 Å². The van der Waals surface area contributed by atoms with Crippen LogP contribution in [0.4, 0.5) is 0 Å². The third-order valence-electron chi connectivity index (χ3n) is 5.97. The number of hydrogen-bond acceptors (Lipinski definition) is 3. The first-order chi connectivity index (χ1) is 13.9. The molecule has 0 spiro atoms. The quantitative estimate of drug-likeness (QED) is 0.653. The van der Waals surface area contributed by atoms with E-state index in [0.29, 0.717) is 11.8 Å². The molecule has 1 aliphatic rings. The fourth-order valence-electron chi connectivity index (χ4n) is 3.97. The average Bonchev–Trinajstić information content (AvgIpc) is 3.11. The maximum Gasteiger partial charge on any atom is 0.258 e. The van der Waals surface area contributed by atoms with Gasteiger partial charge in [0.1, 0.15) is 6.54 Å². The van der Waals surface area contributed by atoms with E-state index in [-0.39, 0.29) is 43.1 Å². The number of para-hydroxylation sites is 1. The van der Waals surface area contributed by atoms with Crippen molar-refractivity contribution in [3.8, 4) is 0 Å². The molecule has 7 nitrogen and oxygen atoms in total. The number of hydrogen-bond donors (Lipinski definition) is 3. The Kier molecular flexibility index (Phi) is 6.90. The molecule has 1 aromatic heterocycles. The first kappa shape index (κ1) is 20.9. The van der Waals surface area contributed by atoms with Crippen molar-refractivity contribution in [3.63, 3.8) is 0 Å². The van der Waals surface area contributed by atoms with Crippen LogP contribution in [0.25, 0.3) is 10.9 Å². The number of benzene rings is 1. The van der Waals surface area contributed by atoms with Crippen molar-refractivity contribution in [3.05, 3.63) is 36.5 Å². The van der Waals surface area contributed by atoms with Crippen LogP contribution < -0.4 is 16.2 Å².